The highest BCUT2D eigenvalue weighted by molar-refractivity contribution is 5.99. The van der Waals surface area contributed by atoms with Gasteiger partial charge in [0.05, 0.1) is 0 Å². The molecular formula is C53H38N6. The van der Waals surface area contributed by atoms with Gasteiger partial charge in [0, 0.05) is 27.8 Å². The van der Waals surface area contributed by atoms with Gasteiger partial charge < -0.3 is 0 Å². The number of hydrogen-bond donors (Lipinski definition) is 0. The molecule has 0 radical (unpaired) electrons. The topological polar surface area (TPSA) is 77.3 Å². The van der Waals surface area contributed by atoms with Crippen molar-refractivity contribution in [2.24, 2.45) is 0 Å². The summed E-state index contributed by atoms with van der Waals surface area (Å²) in [6.45, 7) is 5.78. The SMILES string of the molecule is C=C/C=C\C=C(/C)c1nc(-c2ccccc2)nc(-c2ccc(-c3cccc4ccc(-c5ccc(-c6nc(-c7ccccc7)nc(-c7ccccc7)n6)cc5)cc34)cc2)n1. The van der Waals surface area contributed by atoms with E-state index in [2.05, 4.69) is 91.5 Å². The van der Waals surface area contributed by atoms with Crippen LogP contribution in [0.3, 0.4) is 0 Å². The van der Waals surface area contributed by atoms with Gasteiger partial charge in [0.25, 0.3) is 0 Å². The molecular weight excluding hydrogens is 721 g/mol. The Kier molecular flexibility index (Phi) is 10.3. The lowest BCUT2D eigenvalue weighted by Crippen LogP contribution is -2.01. The van der Waals surface area contributed by atoms with E-state index in [0.29, 0.717) is 34.9 Å². The Morgan fingerprint density at radius 2 is 0.814 bits per heavy atom. The zero-order chi connectivity index (χ0) is 40.0. The van der Waals surface area contributed by atoms with E-state index in [4.69, 9.17) is 29.9 Å². The summed E-state index contributed by atoms with van der Waals surface area (Å²) in [4.78, 5) is 29.3. The molecule has 7 aromatic carbocycles. The maximum absolute atomic E-state index is 4.92. The van der Waals surface area contributed by atoms with Gasteiger partial charge in [-0.3, -0.25) is 0 Å². The lowest BCUT2D eigenvalue weighted by atomic mass is 9.94. The third-order valence-corrected chi connectivity index (χ3v) is 10.1. The fourth-order valence-corrected chi connectivity index (χ4v) is 7.00. The first-order valence-electron chi connectivity index (χ1n) is 19.5. The van der Waals surface area contributed by atoms with Crippen LogP contribution in [0.1, 0.15) is 12.7 Å². The number of benzene rings is 7. The highest BCUT2D eigenvalue weighted by Gasteiger charge is 2.15. The minimum absolute atomic E-state index is 0.620. The van der Waals surface area contributed by atoms with Gasteiger partial charge in [-0.25, -0.2) is 29.9 Å². The second-order valence-corrected chi connectivity index (χ2v) is 14.1. The van der Waals surface area contributed by atoms with E-state index >= 15 is 0 Å². The van der Waals surface area contributed by atoms with E-state index in [9.17, 15) is 0 Å². The second-order valence-electron chi connectivity index (χ2n) is 14.1. The molecule has 2 heterocycles. The highest BCUT2D eigenvalue weighted by atomic mass is 15.0. The molecule has 0 spiro atoms. The van der Waals surface area contributed by atoms with Crippen LogP contribution in [0.2, 0.25) is 0 Å². The van der Waals surface area contributed by atoms with Crippen LogP contribution >= 0.6 is 0 Å². The normalized spacial score (nSPS) is 11.6. The fraction of sp³-hybridized carbons (Fsp3) is 0.0189. The molecule has 0 saturated heterocycles. The Morgan fingerprint density at radius 3 is 1.31 bits per heavy atom. The standard InChI is InChI=1S/C53H38N6/c1-3-4-8-16-36(2)48-54-49(40-17-9-5-10-18-40)56-52(55-48)44-32-27-39(28-33-44)46-24-15-23-38-29-34-45(35-47(38)46)37-25-30-43(31-26-37)53-58-50(41-19-11-6-12-20-41)57-51(59-53)42-21-13-7-14-22-42/h3-35H,1H2,2H3/b8-4-,36-16+. The van der Waals surface area contributed by atoms with Gasteiger partial charge in [-0.15, -0.1) is 0 Å². The van der Waals surface area contributed by atoms with Crippen molar-refractivity contribution in [1.29, 1.82) is 0 Å². The summed E-state index contributed by atoms with van der Waals surface area (Å²) in [7, 11) is 0. The van der Waals surface area contributed by atoms with Crippen molar-refractivity contribution in [3.8, 4) is 79.2 Å². The molecule has 0 aliphatic carbocycles. The molecule has 0 atom stereocenters. The Hall–Kier alpha value is -7.96. The number of fused-ring (bicyclic) bond motifs is 1. The molecule has 280 valence electrons. The van der Waals surface area contributed by atoms with Crippen molar-refractivity contribution in [3.05, 3.63) is 213 Å². The van der Waals surface area contributed by atoms with Gasteiger partial charge >= 0.3 is 0 Å². The molecule has 59 heavy (non-hydrogen) atoms. The minimum Gasteiger partial charge on any atom is -0.209 e. The molecule has 0 unspecified atom stereocenters. The predicted octanol–water partition coefficient (Wildman–Crippen LogP) is 13.0. The summed E-state index contributed by atoms with van der Waals surface area (Å²) in [6.07, 6.45) is 7.56. The van der Waals surface area contributed by atoms with Crippen LogP contribution in [0, 0.1) is 0 Å². The Bertz CT molecular complexity index is 2920. The van der Waals surface area contributed by atoms with Gasteiger partial charge in [0.15, 0.2) is 34.9 Å². The van der Waals surface area contributed by atoms with Crippen LogP contribution < -0.4 is 0 Å². The van der Waals surface area contributed by atoms with Crippen molar-refractivity contribution in [3.63, 3.8) is 0 Å². The molecule has 0 fully saturated rings. The molecule has 2 aromatic heterocycles. The minimum atomic E-state index is 0.620. The number of aromatic nitrogens is 6. The first-order chi connectivity index (χ1) is 29.1. The fourth-order valence-electron chi connectivity index (χ4n) is 7.00. The van der Waals surface area contributed by atoms with E-state index in [1.54, 1.807) is 6.08 Å². The lowest BCUT2D eigenvalue weighted by Gasteiger charge is -2.12. The van der Waals surface area contributed by atoms with Crippen molar-refractivity contribution in [2.75, 3.05) is 0 Å². The molecule has 0 aliphatic heterocycles. The Morgan fingerprint density at radius 1 is 0.390 bits per heavy atom. The van der Waals surface area contributed by atoms with Crippen LogP contribution in [-0.4, -0.2) is 29.9 Å². The molecule has 9 rings (SSSR count). The largest absolute Gasteiger partial charge is 0.209 e. The van der Waals surface area contributed by atoms with Crippen molar-refractivity contribution < 1.29 is 0 Å². The van der Waals surface area contributed by atoms with E-state index in [1.165, 1.54) is 10.8 Å². The van der Waals surface area contributed by atoms with E-state index in [-0.39, 0.29) is 0 Å². The summed E-state index contributed by atoms with van der Waals surface area (Å²) >= 11 is 0. The van der Waals surface area contributed by atoms with Crippen molar-refractivity contribution >= 4 is 16.3 Å². The maximum atomic E-state index is 4.92. The zero-order valence-corrected chi connectivity index (χ0v) is 32.4. The summed E-state index contributed by atoms with van der Waals surface area (Å²) in [6, 6.07) is 60.1. The smallest absolute Gasteiger partial charge is 0.164 e. The van der Waals surface area contributed by atoms with Crippen LogP contribution in [0.25, 0.3) is 95.5 Å². The van der Waals surface area contributed by atoms with Crippen molar-refractivity contribution in [2.45, 2.75) is 6.92 Å². The monoisotopic (exact) mass is 758 g/mol. The molecule has 0 N–H and O–H groups in total. The molecule has 0 aliphatic rings. The van der Waals surface area contributed by atoms with Gasteiger partial charge in [-0.05, 0) is 51.6 Å². The molecule has 0 bridgehead atoms. The Balaban J connectivity index is 1.04. The first kappa shape index (κ1) is 36.7. The predicted molar refractivity (Wildman–Crippen MR) is 242 cm³/mol. The van der Waals surface area contributed by atoms with Gasteiger partial charge in [0.2, 0.25) is 0 Å². The number of allylic oxidation sites excluding steroid dienone is 5. The van der Waals surface area contributed by atoms with Gasteiger partial charge in [-0.1, -0.05) is 201 Å². The van der Waals surface area contributed by atoms with Gasteiger partial charge in [-0.2, -0.15) is 0 Å². The number of nitrogens with zero attached hydrogens (tertiary/aromatic N) is 6. The lowest BCUT2D eigenvalue weighted by molar-refractivity contribution is 1.03. The Labute approximate surface area is 343 Å². The number of rotatable bonds is 10. The van der Waals surface area contributed by atoms with Crippen LogP contribution in [-0.2, 0) is 0 Å². The van der Waals surface area contributed by atoms with Crippen LogP contribution in [0.4, 0.5) is 0 Å². The van der Waals surface area contributed by atoms with Crippen LogP contribution in [0.5, 0.6) is 0 Å². The summed E-state index contributed by atoms with van der Waals surface area (Å²) in [5.74, 6) is 3.79. The molecule has 6 heteroatoms. The average molecular weight is 759 g/mol. The molecule has 6 nitrogen and oxygen atoms in total. The maximum Gasteiger partial charge on any atom is 0.164 e. The quantitative estimate of drug-likeness (QED) is 0.129. The average Bonchev–Trinajstić information content (AvgIpc) is 3.32. The summed E-state index contributed by atoms with van der Waals surface area (Å²) in [5.41, 5.74) is 10.1. The first-order valence-corrected chi connectivity index (χ1v) is 19.5. The molecule has 0 saturated carbocycles. The second kappa shape index (κ2) is 16.6. The number of hydrogen-bond acceptors (Lipinski definition) is 6. The third-order valence-electron chi connectivity index (χ3n) is 10.1. The van der Waals surface area contributed by atoms with E-state index < -0.39 is 0 Å². The summed E-state index contributed by atoms with van der Waals surface area (Å²) in [5, 5.41) is 2.34. The zero-order valence-electron chi connectivity index (χ0n) is 32.4. The van der Waals surface area contributed by atoms with E-state index in [1.807, 2.05) is 116 Å². The van der Waals surface area contributed by atoms with Gasteiger partial charge in [0.1, 0.15) is 0 Å². The third kappa shape index (κ3) is 8.01. The van der Waals surface area contributed by atoms with Crippen molar-refractivity contribution in [1.82, 2.24) is 29.9 Å². The highest BCUT2D eigenvalue weighted by Crippen LogP contribution is 2.34. The molecule has 9 aromatic rings. The van der Waals surface area contributed by atoms with E-state index in [0.717, 1.165) is 55.6 Å². The summed E-state index contributed by atoms with van der Waals surface area (Å²) < 4.78 is 0. The molecule has 0 amide bonds. The van der Waals surface area contributed by atoms with Crippen LogP contribution in [0.15, 0.2) is 207 Å².